The summed E-state index contributed by atoms with van der Waals surface area (Å²) >= 11 is 0. The highest BCUT2D eigenvalue weighted by Crippen LogP contribution is 2.31. The van der Waals surface area contributed by atoms with Crippen LogP contribution in [0.15, 0.2) is 47.4 Å². The van der Waals surface area contributed by atoms with Gasteiger partial charge in [0.2, 0.25) is 10.0 Å². The molecule has 0 bridgehead atoms. The third-order valence-corrected chi connectivity index (χ3v) is 5.15. The Morgan fingerprint density at radius 2 is 1.79 bits per heavy atom. The zero-order valence-electron chi connectivity index (χ0n) is 12.9. The zero-order chi connectivity index (χ0) is 16.6. The fourth-order valence-electron chi connectivity index (χ4n) is 2.97. The molecule has 1 aliphatic rings. The van der Waals surface area contributed by atoms with Gasteiger partial charge in [-0.3, -0.25) is 4.79 Å². The molecule has 0 aliphatic heterocycles. The molecule has 3 rings (SSSR count). The van der Waals surface area contributed by atoms with Crippen molar-refractivity contribution in [1.29, 1.82) is 0 Å². The smallest absolute Gasteiger partial charge is 0.238 e. The van der Waals surface area contributed by atoms with Gasteiger partial charge in [0.05, 0.1) is 10.9 Å². The maximum absolute atomic E-state index is 12.1. The number of hydrogen-bond donors (Lipinski definition) is 2. The van der Waals surface area contributed by atoms with Crippen molar-refractivity contribution in [2.75, 3.05) is 0 Å². The second-order valence-corrected chi connectivity index (χ2v) is 7.37. The summed E-state index contributed by atoms with van der Waals surface area (Å²) in [7, 11) is -3.77. The molecule has 128 valence electrons. The van der Waals surface area contributed by atoms with Crippen LogP contribution in [-0.2, 0) is 27.7 Å². The third-order valence-electron chi connectivity index (χ3n) is 4.24. The van der Waals surface area contributed by atoms with Crippen LogP contribution < -0.4 is 10.9 Å². The number of primary sulfonamides is 1. The predicted molar refractivity (Wildman–Crippen MR) is 95.5 cm³/mol. The zero-order valence-corrected chi connectivity index (χ0v) is 14.6. The topological polar surface area (TPSA) is 103 Å². The van der Waals surface area contributed by atoms with Gasteiger partial charge in [-0.25, -0.2) is 13.6 Å². The summed E-state index contributed by atoms with van der Waals surface area (Å²) in [4.78, 5) is 12.2. The van der Waals surface area contributed by atoms with Crippen molar-refractivity contribution in [3.05, 3.63) is 53.6 Å². The van der Waals surface area contributed by atoms with E-state index < -0.39 is 16.1 Å². The molecule has 24 heavy (non-hydrogen) atoms. The van der Waals surface area contributed by atoms with Gasteiger partial charge in [-0.1, -0.05) is 30.3 Å². The molecule has 0 amide bonds. The molecule has 0 heterocycles. The van der Waals surface area contributed by atoms with Gasteiger partial charge in [-0.15, -0.1) is 12.4 Å². The molecule has 0 aromatic heterocycles. The van der Waals surface area contributed by atoms with Gasteiger partial charge >= 0.3 is 0 Å². The summed E-state index contributed by atoms with van der Waals surface area (Å²) in [6, 6.07) is 11.8. The summed E-state index contributed by atoms with van der Waals surface area (Å²) in [5.74, 6) is 0.0128. The minimum atomic E-state index is -3.77. The number of rotatable bonds is 2. The van der Waals surface area contributed by atoms with Crippen LogP contribution in [0.1, 0.15) is 17.5 Å². The number of halogens is 1. The molecule has 0 spiro atoms. The van der Waals surface area contributed by atoms with Gasteiger partial charge in [-0.2, -0.15) is 0 Å². The number of carbonyl (C=O) groups is 1. The largest absolute Gasteiger partial charge is 0.321 e. The first-order valence-electron chi connectivity index (χ1n) is 7.38. The minimum Gasteiger partial charge on any atom is -0.321 e. The molecule has 1 unspecified atom stereocenters. The maximum atomic E-state index is 12.1. The van der Waals surface area contributed by atoms with Gasteiger partial charge in [-0.05, 0) is 47.2 Å². The Hall–Kier alpha value is -1.73. The Morgan fingerprint density at radius 1 is 1.08 bits per heavy atom. The summed E-state index contributed by atoms with van der Waals surface area (Å²) in [5, 5.41) is 5.21. The Kier molecular flexibility index (Phi) is 5.45. The van der Waals surface area contributed by atoms with Crippen LogP contribution in [0.5, 0.6) is 0 Å². The summed E-state index contributed by atoms with van der Waals surface area (Å²) in [6.45, 7) is 0. The maximum Gasteiger partial charge on any atom is 0.238 e. The highest BCUT2D eigenvalue weighted by molar-refractivity contribution is 7.89. The van der Waals surface area contributed by atoms with Gasteiger partial charge in [0.25, 0.3) is 0 Å². The molecule has 2 aromatic rings. The number of aryl methyl sites for hydroxylation is 1. The van der Waals surface area contributed by atoms with Crippen LogP contribution in [0.25, 0.3) is 11.1 Å². The van der Waals surface area contributed by atoms with Crippen LogP contribution in [0.4, 0.5) is 0 Å². The van der Waals surface area contributed by atoms with E-state index in [0.29, 0.717) is 6.42 Å². The summed E-state index contributed by atoms with van der Waals surface area (Å²) in [5.41, 5.74) is 9.49. The van der Waals surface area contributed by atoms with Crippen LogP contribution >= 0.6 is 12.4 Å². The van der Waals surface area contributed by atoms with Crippen molar-refractivity contribution in [2.45, 2.75) is 30.2 Å². The lowest BCUT2D eigenvalue weighted by atomic mass is 9.92. The van der Waals surface area contributed by atoms with Gasteiger partial charge in [0.1, 0.15) is 0 Å². The molecule has 4 N–H and O–H groups in total. The summed E-state index contributed by atoms with van der Waals surface area (Å²) in [6.07, 6.45) is 1.64. The van der Waals surface area contributed by atoms with Crippen molar-refractivity contribution in [3.8, 4) is 11.1 Å². The van der Waals surface area contributed by atoms with E-state index in [1.165, 1.54) is 6.07 Å². The highest BCUT2D eigenvalue weighted by Gasteiger charge is 2.23. The first-order chi connectivity index (χ1) is 10.9. The van der Waals surface area contributed by atoms with Crippen LogP contribution in [0.2, 0.25) is 0 Å². The van der Waals surface area contributed by atoms with Crippen molar-refractivity contribution in [2.24, 2.45) is 10.9 Å². The van der Waals surface area contributed by atoms with E-state index >= 15 is 0 Å². The van der Waals surface area contributed by atoms with Gasteiger partial charge in [0.15, 0.2) is 5.78 Å². The number of ketones is 1. The van der Waals surface area contributed by atoms with Crippen molar-refractivity contribution in [1.82, 2.24) is 0 Å². The number of carbonyl (C=O) groups excluding carboxylic acids is 1. The molecular weight excluding hydrogens is 348 g/mol. The minimum absolute atomic E-state index is 0. The van der Waals surface area contributed by atoms with Gasteiger partial charge in [0, 0.05) is 6.42 Å². The highest BCUT2D eigenvalue weighted by atomic mass is 35.5. The Morgan fingerprint density at radius 3 is 2.50 bits per heavy atom. The average molecular weight is 367 g/mol. The van der Waals surface area contributed by atoms with E-state index in [1.807, 2.05) is 24.3 Å². The molecule has 0 fully saturated rings. The Balaban J connectivity index is 0.00000208. The molecule has 5 nitrogen and oxygen atoms in total. The lowest BCUT2D eigenvalue weighted by Gasteiger charge is -2.13. The standard InChI is InChI=1S/C17H18N2O3S.ClH/c18-16-8-7-11-3-2-6-14(15(11)10-17(16)20)12-4-1-5-13(9-12)23(19,21)22;/h1-6,9,16H,7-8,10,18H2,(H2,19,21,22);1H. The van der Waals surface area contributed by atoms with Crippen molar-refractivity contribution >= 4 is 28.2 Å². The van der Waals surface area contributed by atoms with E-state index in [-0.39, 0.29) is 29.5 Å². The molecule has 0 saturated carbocycles. The Bertz CT molecular complexity index is 881. The molecule has 2 aromatic carbocycles. The first-order valence-corrected chi connectivity index (χ1v) is 8.93. The lowest BCUT2D eigenvalue weighted by Crippen LogP contribution is -2.30. The second-order valence-electron chi connectivity index (χ2n) is 5.80. The normalized spacial score (nSPS) is 17.6. The quantitative estimate of drug-likeness (QED) is 0.791. The molecule has 0 radical (unpaired) electrons. The third kappa shape index (κ3) is 3.67. The number of sulfonamides is 1. The van der Waals surface area contributed by atoms with E-state index in [0.717, 1.165) is 28.7 Å². The number of nitrogens with two attached hydrogens (primary N) is 2. The SMILES string of the molecule is Cl.NC1CCc2cccc(-c3cccc(S(N)(=O)=O)c3)c2CC1=O. The van der Waals surface area contributed by atoms with Crippen LogP contribution in [0.3, 0.4) is 0 Å². The average Bonchev–Trinajstić information content (AvgIpc) is 2.66. The molecule has 1 aliphatic carbocycles. The number of fused-ring (bicyclic) bond motifs is 1. The number of Topliss-reactive ketones (excluding diaryl/α,β-unsaturated/α-hetero) is 1. The van der Waals surface area contributed by atoms with Crippen LogP contribution in [-0.4, -0.2) is 20.2 Å². The van der Waals surface area contributed by atoms with Crippen molar-refractivity contribution in [3.63, 3.8) is 0 Å². The summed E-state index contributed by atoms with van der Waals surface area (Å²) < 4.78 is 23.1. The Labute approximate surface area is 147 Å². The van der Waals surface area contributed by atoms with E-state index in [2.05, 4.69) is 0 Å². The van der Waals surface area contributed by atoms with Crippen LogP contribution in [0, 0.1) is 0 Å². The van der Waals surface area contributed by atoms with Crippen molar-refractivity contribution < 1.29 is 13.2 Å². The lowest BCUT2D eigenvalue weighted by molar-refractivity contribution is -0.119. The van der Waals surface area contributed by atoms with E-state index in [4.69, 9.17) is 10.9 Å². The number of hydrogen-bond acceptors (Lipinski definition) is 4. The fourth-order valence-corrected chi connectivity index (χ4v) is 3.53. The first kappa shape index (κ1) is 18.6. The predicted octanol–water partition coefficient (Wildman–Crippen LogP) is 1.81. The molecule has 1 atom stereocenters. The molecular formula is C17H19ClN2O3S. The van der Waals surface area contributed by atoms with Gasteiger partial charge < -0.3 is 5.73 Å². The van der Waals surface area contributed by atoms with E-state index in [9.17, 15) is 13.2 Å². The second kappa shape index (κ2) is 7.03. The molecule has 7 heteroatoms. The number of benzene rings is 2. The monoisotopic (exact) mass is 366 g/mol. The van der Waals surface area contributed by atoms with E-state index in [1.54, 1.807) is 12.1 Å². The molecule has 0 saturated heterocycles. The fraction of sp³-hybridized carbons (Fsp3) is 0.235.